The van der Waals surface area contributed by atoms with Crippen molar-refractivity contribution in [3.63, 3.8) is 0 Å². The summed E-state index contributed by atoms with van der Waals surface area (Å²) in [5.74, 6) is 0. The lowest BCUT2D eigenvalue weighted by atomic mass is 11.7. The lowest BCUT2D eigenvalue weighted by molar-refractivity contribution is 0.569. The van der Waals surface area contributed by atoms with E-state index in [1.165, 1.54) is 0 Å². The second-order valence-corrected chi connectivity index (χ2v) is 0.0913. The Morgan fingerprint density at radius 3 is 1.75 bits per heavy atom. The molecule has 0 rings (SSSR count). The second kappa shape index (κ2) is 18.6. The summed E-state index contributed by atoms with van der Waals surface area (Å²) in [5.41, 5.74) is 0. The van der Waals surface area contributed by atoms with Crippen LogP contribution in [0, 0.1) is 0 Å². The molecule has 0 aliphatic rings. The molecule has 0 N–H and O–H groups in total. The Morgan fingerprint density at radius 2 is 1.75 bits per heavy atom. The maximum absolute atomic E-state index is 8.24. The summed E-state index contributed by atoms with van der Waals surface area (Å²) in [6.07, 6.45) is 0.500. The number of hydrogen-bond donors (Lipinski definition) is 0. The van der Waals surface area contributed by atoms with Crippen LogP contribution < -0.4 is 0 Å². The molecule has 0 saturated heterocycles. The van der Waals surface area contributed by atoms with Gasteiger partial charge in [-0.2, -0.15) is 0 Å². The van der Waals surface area contributed by atoms with Crippen LogP contribution in [-0.4, -0.2) is 17.0 Å². The van der Waals surface area contributed by atoms with Crippen molar-refractivity contribution in [2.24, 2.45) is 0 Å². The van der Waals surface area contributed by atoms with Crippen molar-refractivity contribution in [1.82, 2.24) is 0 Å². The van der Waals surface area contributed by atoms with Crippen molar-refractivity contribution in [3.8, 4) is 0 Å². The van der Waals surface area contributed by atoms with Crippen LogP contribution in [0.3, 0.4) is 0 Å². The number of nitrogens with zero attached hydrogens (tertiary/aromatic N) is 1. The summed E-state index contributed by atoms with van der Waals surface area (Å²) < 4.78 is 0. The molecule has 4 heavy (non-hydrogen) atoms. The van der Waals surface area contributed by atoms with Crippen LogP contribution in [0.15, 0.2) is 0 Å². The minimum atomic E-state index is 0. The summed E-state index contributed by atoms with van der Waals surface area (Å²) in [6, 6.07) is 0. The third-order valence-corrected chi connectivity index (χ3v) is 0. The van der Waals surface area contributed by atoms with Gasteiger partial charge in [0.25, 0.3) is 0 Å². The van der Waals surface area contributed by atoms with E-state index < -0.39 is 0 Å². The summed E-state index contributed by atoms with van der Waals surface area (Å²) >= 11 is 0. The van der Waals surface area contributed by atoms with Crippen LogP contribution in [0.1, 0.15) is 0 Å². The largest absolute Gasteiger partial charge is 1.00 e. The maximum atomic E-state index is 8.24. The first kappa shape index (κ1) is 9.51. The van der Waals surface area contributed by atoms with Crippen molar-refractivity contribution in [1.29, 1.82) is 0 Å². The van der Waals surface area contributed by atoms with Gasteiger partial charge in [-0.05, 0) is 6.08 Å². The van der Waals surface area contributed by atoms with Gasteiger partial charge in [-0.15, -0.1) is 0 Å². The topological polar surface area (TPSA) is 39.4 Å². The SMILES string of the molecule is [N-]=C=O.[Si+]. The van der Waals surface area contributed by atoms with Crippen LogP contribution in [0.4, 0.5) is 0 Å². The first-order valence-electron chi connectivity index (χ1n) is 0.428. The molecule has 0 amide bonds. The molecule has 19 valence electrons. The first-order valence-corrected chi connectivity index (χ1v) is 0.428. The van der Waals surface area contributed by atoms with E-state index in [0.717, 1.165) is 0 Å². The molecule has 3 radical (unpaired) electrons. The molecule has 0 aliphatic carbocycles. The molecule has 0 saturated carbocycles. The summed E-state index contributed by atoms with van der Waals surface area (Å²) in [6.45, 7) is 0. The number of carbonyl (C=O) groups excluding carboxylic acids is 1. The third kappa shape index (κ3) is 3.50. The van der Waals surface area contributed by atoms with E-state index in [1.54, 1.807) is 0 Å². The van der Waals surface area contributed by atoms with Gasteiger partial charge in [0.05, 0.1) is 0 Å². The van der Waals surface area contributed by atoms with Gasteiger partial charge in [0.15, 0.2) is 0 Å². The van der Waals surface area contributed by atoms with Crippen LogP contribution >= 0.6 is 0 Å². The van der Waals surface area contributed by atoms with E-state index in [9.17, 15) is 0 Å². The molecule has 0 unspecified atom stereocenters. The highest BCUT2D eigenvalue weighted by atomic mass is 28.1. The number of rotatable bonds is 0. The van der Waals surface area contributed by atoms with Gasteiger partial charge in [0, 0.05) is 0 Å². The van der Waals surface area contributed by atoms with Gasteiger partial charge in [-0.3, -0.25) is 4.79 Å². The molecule has 0 aliphatic heterocycles. The Labute approximate surface area is 28.4 Å². The van der Waals surface area contributed by atoms with Gasteiger partial charge < -0.3 is 5.41 Å². The number of isocyanates is 1. The van der Waals surface area contributed by atoms with Gasteiger partial charge in [-0.1, -0.05) is 0 Å². The highest BCUT2D eigenvalue weighted by Gasteiger charge is 1.00. The zero-order valence-electron chi connectivity index (χ0n) is 1.86. The van der Waals surface area contributed by atoms with Crippen molar-refractivity contribution in [3.05, 3.63) is 5.41 Å². The predicted octanol–water partition coefficient (Wildman–Crippen LogP) is -0.489. The van der Waals surface area contributed by atoms with Gasteiger partial charge in [0.2, 0.25) is 0 Å². The normalized spacial score (nSPS) is 2.00. The van der Waals surface area contributed by atoms with E-state index in [1.807, 2.05) is 0 Å². The van der Waals surface area contributed by atoms with Crippen LogP contribution in [0.2, 0.25) is 0 Å². The van der Waals surface area contributed by atoms with E-state index >= 15 is 0 Å². The monoisotopic (exact) mass is 70.0 g/mol. The van der Waals surface area contributed by atoms with E-state index in [2.05, 4.69) is 0 Å². The molecule has 0 spiro atoms. The summed E-state index contributed by atoms with van der Waals surface area (Å²) in [5, 5.41) is 6.76. The molecule has 0 heterocycles. The molecule has 0 atom stereocenters. The zero-order chi connectivity index (χ0) is 2.71. The van der Waals surface area contributed by atoms with Crippen molar-refractivity contribution < 1.29 is 4.79 Å². The van der Waals surface area contributed by atoms with Gasteiger partial charge >= 0.3 is 11.0 Å². The number of hydrogen-bond acceptors (Lipinski definition) is 1. The van der Waals surface area contributed by atoms with E-state index in [-0.39, 0.29) is 11.0 Å². The fourth-order valence-corrected chi connectivity index (χ4v) is 0. The average Bonchev–Trinajstić information content (AvgIpc) is 0.918. The molecule has 0 bridgehead atoms. The predicted molar refractivity (Wildman–Crippen MR) is 14.8 cm³/mol. The molecular weight excluding hydrogens is 70.1 g/mol. The smallest absolute Gasteiger partial charge is 0.724 e. The average molecular weight is 70.1 g/mol. The van der Waals surface area contributed by atoms with Gasteiger partial charge in [-0.25, -0.2) is 0 Å². The molecule has 3 heteroatoms. The van der Waals surface area contributed by atoms with E-state index in [0.29, 0.717) is 6.08 Å². The highest BCUT2D eigenvalue weighted by molar-refractivity contribution is 5.75. The summed E-state index contributed by atoms with van der Waals surface area (Å²) in [4.78, 5) is 8.24. The molecule has 0 aromatic rings. The van der Waals surface area contributed by atoms with Crippen molar-refractivity contribution in [2.45, 2.75) is 0 Å². The molecule has 0 aromatic carbocycles. The quantitative estimate of drug-likeness (QED) is 0.215. The highest BCUT2D eigenvalue weighted by Crippen LogP contribution is 0.949. The summed E-state index contributed by atoms with van der Waals surface area (Å²) in [7, 11) is 0. The Bertz CT molecular complexity index is 29.0. The fraction of sp³-hybridized carbons (Fsp3) is 0. The Morgan fingerprint density at radius 1 is 1.75 bits per heavy atom. The lowest BCUT2D eigenvalue weighted by Gasteiger charge is -1.32. The van der Waals surface area contributed by atoms with Crippen LogP contribution in [-0.2, 0) is 4.79 Å². The van der Waals surface area contributed by atoms with Crippen molar-refractivity contribution in [2.75, 3.05) is 0 Å². The second-order valence-electron chi connectivity index (χ2n) is 0.0913. The zero-order valence-corrected chi connectivity index (χ0v) is 2.86. The molecule has 0 fully saturated rings. The van der Waals surface area contributed by atoms with E-state index in [4.69, 9.17) is 10.2 Å². The minimum Gasteiger partial charge on any atom is -0.724 e. The Kier molecular flexibility index (Phi) is 44.2. The fourth-order valence-electron chi connectivity index (χ4n) is 0. The third-order valence-electron chi connectivity index (χ3n) is 0. The standard InChI is InChI=1S/CNO.Si/c2-1-3;/q-1;+1. The minimum absolute atomic E-state index is 0. The Balaban J connectivity index is 0. The van der Waals surface area contributed by atoms with Crippen LogP contribution in [0.25, 0.3) is 5.41 Å². The molecular formula is CNOSi. The Hall–Kier alpha value is -0.403. The lowest BCUT2D eigenvalue weighted by Crippen LogP contribution is -1.13. The maximum Gasteiger partial charge on any atom is 1.00 e. The first-order chi connectivity index (χ1) is 1.41. The van der Waals surface area contributed by atoms with Crippen LogP contribution in [0.5, 0.6) is 0 Å². The van der Waals surface area contributed by atoms with Crippen molar-refractivity contribution >= 4 is 17.0 Å². The molecule has 0 aromatic heterocycles. The van der Waals surface area contributed by atoms with Gasteiger partial charge in [0.1, 0.15) is 0 Å². The molecule has 2 nitrogen and oxygen atoms in total.